The van der Waals surface area contributed by atoms with Gasteiger partial charge in [-0.25, -0.2) is 4.79 Å². The Balaban J connectivity index is 2.74. The van der Waals surface area contributed by atoms with E-state index in [-0.39, 0.29) is 13.0 Å². The van der Waals surface area contributed by atoms with Gasteiger partial charge in [-0.1, -0.05) is 0 Å². The maximum atomic E-state index is 12.9. The largest absolute Gasteiger partial charge is 0.444 e. The van der Waals surface area contributed by atoms with Crippen molar-refractivity contribution in [1.82, 2.24) is 4.90 Å². The van der Waals surface area contributed by atoms with Crippen LogP contribution in [0.1, 0.15) is 27.2 Å². The van der Waals surface area contributed by atoms with Gasteiger partial charge >= 0.3 is 12.3 Å². The minimum atomic E-state index is -4.40. The number of nitrogens with zero attached hydrogens (tertiary/aromatic N) is 1. The fourth-order valence-electron chi connectivity index (χ4n) is 1.87. The molecule has 1 saturated heterocycles. The Morgan fingerprint density at radius 3 is 2.28 bits per heavy atom. The molecule has 0 bridgehead atoms. The summed E-state index contributed by atoms with van der Waals surface area (Å²) < 4.78 is 43.8. The molecule has 0 aromatic heterocycles. The molecule has 18 heavy (non-hydrogen) atoms. The van der Waals surface area contributed by atoms with Crippen molar-refractivity contribution in [3.05, 3.63) is 0 Å². The third-order valence-electron chi connectivity index (χ3n) is 3.00. The maximum Gasteiger partial charge on any atom is 0.410 e. The zero-order valence-corrected chi connectivity index (χ0v) is 10.8. The highest BCUT2D eigenvalue weighted by Crippen LogP contribution is 2.44. The van der Waals surface area contributed by atoms with E-state index in [1.54, 1.807) is 20.8 Å². The van der Waals surface area contributed by atoms with E-state index in [2.05, 4.69) is 0 Å². The van der Waals surface area contributed by atoms with Crippen molar-refractivity contribution < 1.29 is 22.7 Å². The van der Waals surface area contributed by atoms with Crippen molar-refractivity contribution in [2.45, 2.75) is 39.0 Å². The number of rotatable bonds is 1. The van der Waals surface area contributed by atoms with E-state index in [1.165, 1.54) is 0 Å². The summed E-state index contributed by atoms with van der Waals surface area (Å²) in [7, 11) is 0. The molecule has 1 atom stereocenters. The Morgan fingerprint density at radius 2 is 1.94 bits per heavy atom. The van der Waals surface area contributed by atoms with Crippen LogP contribution in [0, 0.1) is 5.41 Å². The van der Waals surface area contributed by atoms with Crippen LogP contribution in [0.25, 0.3) is 0 Å². The predicted octanol–water partition coefficient (Wildman–Crippen LogP) is 2.13. The second-order valence-corrected chi connectivity index (χ2v) is 5.63. The first-order valence-electron chi connectivity index (χ1n) is 5.75. The number of carbonyl (C=O) groups excluding carboxylic acids is 1. The quantitative estimate of drug-likeness (QED) is 0.792. The lowest BCUT2D eigenvalue weighted by Crippen LogP contribution is -2.47. The third-order valence-corrected chi connectivity index (χ3v) is 3.00. The number of halogens is 3. The Bertz CT molecular complexity index is 325. The molecule has 0 spiro atoms. The first-order valence-corrected chi connectivity index (χ1v) is 5.75. The highest BCUT2D eigenvalue weighted by molar-refractivity contribution is 5.68. The van der Waals surface area contributed by atoms with Gasteiger partial charge in [0.2, 0.25) is 0 Å². The molecule has 1 fully saturated rings. The van der Waals surface area contributed by atoms with E-state index in [0.29, 0.717) is 0 Å². The number of amides is 1. The SMILES string of the molecule is CC(C)(C)OC(=O)N1CC[C@@](CN)(C(F)(F)F)C1. The molecule has 7 heteroatoms. The van der Waals surface area contributed by atoms with Gasteiger partial charge < -0.3 is 15.4 Å². The average molecular weight is 268 g/mol. The summed E-state index contributed by atoms with van der Waals surface area (Å²) in [4.78, 5) is 12.8. The van der Waals surface area contributed by atoms with Crippen LogP contribution in [0.5, 0.6) is 0 Å². The molecule has 0 radical (unpaired) electrons. The van der Waals surface area contributed by atoms with Gasteiger partial charge in [0.1, 0.15) is 5.60 Å². The van der Waals surface area contributed by atoms with E-state index >= 15 is 0 Å². The Hall–Kier alpha value is -0.980. The maximum absolute atomic E-state index is 12.9. The van der Waals surface area contributed by atoms with Gasteiger partial charge in [-0.15, -0.1) is 0 Å². The monoisotopic (exact) mass is 268 g/mol. The molecule has 0 aliphatic carbocycles. The first-order chi connectivity index (χ1) is 8.01. The van der Waals surface area contributed by atoms with Crippen molar-refractivity contribution in [3.63, 3.8) is 0 Å². The molecule has 0 aromatic rings. The molecule has 2 N–H and O–H groups in total. The van der Waals surface area contributed by atoms with Gasteiger partial charge in [0.25, 0.3) is 0 Å². The van der Waals surface area contributed by atoms with Crippen molar-refractivity contribution in [2.24, 2.45) is 11.1 Å². The molecule has 1 aliphatic rings. The second kappa shape index (κ2) is 4.60. The van der Waals surface area contributed by atoms with Crippen LogP contribution in [0.3, 0.4) is 0 Å². The minimum absolute atomic E-state index is 0.0195. The van der Waals surface area contributed by atoms with Crippen LogP contribution in [-0.4, -0.2) is 42.4 Å². The average Bonchev–Trinajstić information content (AvgIpc) is 2.59. The Morgan fingerprint density at radius 1 is 1.39 bits per heavy atom. The standard InChI is InChI=1S/C11H19F3N2O2/c1-9(2,3)18-8(17)16-5-4-10(6-15,7-16)11(12,13)14/h4-7,15H2,1-3H3/t10-/m0/s1. The second-order valence-electron chi connectivity index (χ2n) is 5.63. The zero-order chi connectivity index (χ0) is 14.2. The lowest BCUT2D eigenvalue weighted by atomic mass is 9.86. The topological polar surface area (TPSA) is 55.6 Å². The Labute approximate surface area is 104 Å². The number of ether oxygens (including phenoxy) is 1. The van der Waals surface area contributed by atoms with Crippen LogP contribution < -0.4 is 5.73 Å². The van der Waals surface area contributed by atoms with Gasteiger partial charge in [0, 0.05) is 19.6 Å². The van der Waals surface area contributed by atoms with E-state index in [4.69, 9.17) is 10.5 Å². The number of nitrogens with two attached hydrogens (primary N) is 1. The van der Waals surface area contributed by atoms with Gasteiger partial charge in [-0.3, -0.25) is 0 Å². The summed E-state index contributed by atoms with van der Waals surface area (Å²) in [5, 5.41) is 0. The van der Waals surface area contributed by atoms with Crippen molar-refractivity contribution in [2.75, 3.05) is 19.6 Å². The van der Waals surface area contributed by atoms with Crippen molar-refractivity contribution >= 4 is 6.09 Å². The smallest absolute Gasteiger partial charge is 0.410 e. The van der Waals surface area contributed by atoms with Crippen LogP contribution >= 0.6 is 0 Å². The van der Waals surface area contributed by atoms with Crippen LogP contribution in [0.4, 0.5) is 18.0 Å². The van der Waals surface area contributed by atoms with Gasteiger partial charge in [-0.05, 0) is 27.2 Å². The number of likely N-dealkylation sites (tertiary alicyclic amines) is 1. The summed E-state index contributed by atoms with van der Waals surface area (Å²) in [5.74, 6) is 0. The van der Waals surface area contributed by atoms with E-state index in [9.17, 15) is 18.0 Å². The number of carbonyl (C=O) groups is 1. The normalized spacial score (nSPS) is 25.4. The molecular formula is C11H19F3N2O2. The van der Waals surface area contributed by atoms with Crippen LogP contribution in [-0.2, 0) is 4.74 Å². The molecule has 1 rings (SSSR count). The summed E-state index contributed by atoms with van der Waals surface area (Å²) in [6.07, 6.45) is -5.30. The first kappa shape index (κ1) is 15.1. The molecular weight excluding hydrogens is 249 g/mol. The fraction of sp³-hybridized carbons (Fsp3) is 0.909. The van der Waals surface area contributed by atoms with E-state index < -0.39 is 36.4 Å². The Kier molecular flexibility index (Phi) is 3.86. The summed E-state index contributed by atoms with van der Waals surface area (Å²) in [6, 6.07) is 0. The van der Waals surface area contributed by atoms with Gasteiger partial charge in [0.05, 0.1) is 5.41 Å². The summed E-state index contributed by atoms with van der Waals surface area (Å²) >= 11 is 0. The van der Waals surface area contributed by atoms with E-state index in [0.717, 1.165) is 4.90 Å². The number of hydrogen-bond acceptors (Lipinski definition) is 3. The highest BCUT2D eigenvalue weighted by Gasteiger charge is 2.58. The highest BCUT2D eigenvalue weighted by atomic mass is 19.4. The molecule has 0 saturated carbocycles. The fourth-order valence-corrected chi connectivity index (χ4v) is 1.87. The molecule has 4 nitrogen and oxygen atoms in total. The molecule has 0 aromatic carbocycles. The molecule has 1 aliphatic heterocycles. The van der Waals surface area contributed by atoms with Crippen LogP contribution in [0.15, 0.2) is 0 Å². The predicted molar refractivity (Wildman–Crippen MR) is 60.0 cm³/mol. The lowest BCUT2D eigenvalue weighted by molar-refractivity contribution is -0.215. The minimum Gasteiger partial charge on any atom is -0.444 e. The number of hydrogen-bond donors (Lipinski definition) is 1. The molecule has 106 valence electrons. The summed E-state index contributed by atoms with van der Waals surface area (Å²) in [6.45, 7) is 4.08. The van der Waals surface area contributed by atoms with Crippen LogP contribution in [0.2, 0.25) is 0 Å². The summed E-state index contributed by atoms with van der Waals surface area (Å²) in [5.41, 5.74) is 2.53. The van der Waals surface area contributed by atoms with Gasteiger partial charge in [-0.2, -0.15) is 13.2 Å². The zero-order valence-electron chi connectivity index (χ0n) is 10.8. The van der Waals surface area contributed by atoms with Gasteiger partial charge in [0.15, 0.2) is 0 Å². The molecule has 1 amide bonds. The lowest BCUT2D eigenvalue weighted by Gasteiger charge is -2.30. The van der Waals surface area contributed by atoms with Crippen molar-refractivity contribution in [1.29, 1.82) is 0 Å². The molecule has 1 heterocycles. The van der Waals surface area contributed by atoms with Crippen molar-refractivity contribution in [3.8, 4) is 0 Å². The molecule has 0 unspecified atom stereocenters. The van der Waals surface area contributed by atoms with E-state index in [1.807, 2.05) is 0 Å². The number of alkyl halides is 3. The third kappa shape index (κ3) is 3.07.